The highest BCUT2D eigenvalue weighted by molar-refractivity contribution is 6.30. The van der Waals surface area contributed by atoms with Crippen LogP contribution in [0.2, 0.25) is 5.02 Å². The van der Waals surface area contributed by atoms with Gasteiger partial charge in [-0.3, -0.25) is 4.79 Å². The maximum Gasteiger partial charge on any atom is 0.229 e. The third kappa shape index (κ3) is 3.41. The SMILES string of the molecule is Cc1ccc(Cl)cc1N1CCN(C(=O)[C@@H]2C[C@@]2(F)c2ccc(F)cc2)CC1. The van der Waals surface area contributed by atoms with Crippen LogP contribution in [0.3, 0.4) is 0 Å². The number of benzene rings is 2. The van der Waals surface area contributed by atoms with Gasteiger partial charge in [0.2, 0.25) is 5.91 Å². The average Bonchev–Trinajstić information content (AvgIpc) is 3.36. The molecule has 0 aromatic heterocycles. The smallest absolute Gasteiger partial charge is 0.229 e. The fourth-order valence-electron chi connectivity index (χ4n) is 3.88. The molecule has 0 N–H and O–H groups in total. The highest BCUT2D eigenvalue weighted by atomic mass is 35.5. The van der Waals surface area contributed by atoms with Crippen molar-refractivity contribution in [2.45, 2.75) is 19.0 Å². The Morgan fingerprint density at radius 3 is 2.44 bits per heavy atom. The standard InChI is InChI=1S/C21H21ClF2N2O/c1-14-2-5-16(22)12-19(14)25-8-10-26(11-9-25)20(27)18-13-21(18,24)15-3-6-17(23)7-4-15/h2-7,12,18H,8-11,13H2,1H3/t18-,21+/m0/s1. The van der Waals surface area contributed by atoms with Crippen LogP contribution in [0.1, 0.15) is 17.5 Å². The molecule has 0 bridgehead atoms. The number of nitrogens with zero attached hydrogens (tertiary/aromatic N) is 2. The summed E-state index contributed by atoms with van der Waals surface area (Å²) in [6, 6.07) is 11.1. The van der Waals surface area contributed by atoms with Gasteiger partial charge in [-0.15, -0.1) is 0 Å². The van der Waals surface area contributed by atoms with E-state index in [9.17, 15) is 9.18 Å². The van der Waals surface area contributed by atoms with Gasteiger partial charge < -0.3 is 9.80 Å². The van der Waals surface area contributed by atoms with Crippen LogP contribution >= 0.6 is 11.6 Å². The van der Waals surface area contributed by atoms with E-state index in [4.69, 9.17) is 11.6 Å². The zero-order chi connectivity index (χ0) is 19.2. The molecule has 0 radical (unpaired) electrons. The largest absolute Gasteiger partial charge is 0.368 e. The number of halogens is 3. The molecule has 4 rings (SSSR count). The molecule has 1 aliphatic heterocycles. The summed E-state index contributed by atoms with van der Waals surface area (Å²) in [5.41, 5.74) is 0.939. The topological polar surface area (TPSA) is 23.6 Å². The first-order valence-electron chi connectivity index (χ1n) is 9.13. The molecule has 1 heterocycles. The molecule has 1 saturated heterocycles. The number of hydrogen-bond acceptors (Lipinski definition) is 2. The molecule has 6 heteroatoms. The van der Waals surface area contributed by atoms with Gasteiger partial charge in [0.1, 0.15) is 11.5 Å². The molecule has 3 nitrogen and oxygen atoms in total. The summed E-state index contributed by atoms with van der Waals surface area (Å²) in [5, 5.41) is 0.689. The van der Waals surface area contributed by atoms with Crippen molar-refractivity contribution in [2.24, 2.45) is 5.92 Å². The number of rotatable bonds is 3. The number of alkyl halides is 1. The Bertz CT molecular complexity index is 865. The molecule has 1 aliphatic carbocycles. The van der Waals surface area contributed by atoms with Crippen molar-refractivity contribution >= 4 is 23.2 Å². The van der Waals surface area contributed by atoms with E-state index >= 15 is 4.39 Å². The van der Waals surface area contributed by atoms with Crippen molar-refractivity contribution in [1.82, 2.24) is 4.90 Å². The van der Waals surface area contributed by atoms with E-state index in [2.05, 4.69) is 4.90 Å². The Kier molecular flexibility index (Phi) is 4.58. The molecule has 2 atom stereocenters. The summed E-state index contributed by atoms with van der Waals surface area (Å²) in [7, 11) is 0. The van der Waals surface area contributed by atoms with E-state index in [1.54, 1.807) is 4.90 Å². The van der Waals surface area contributed by atoms with Gasteiger partial charge >= 0.3 is 0 Å². The van der Waals surface area contributed by atoms with Crippen molar-refractivity contribution in [1.29, 1.82) is 0 Å². The first-order valence-corrected chi connectivity index (χ1v) is 9.51. The zero-order valence-electron chi connectivity index (χ0n) is 15.1. The summed E-state index contributed by atoms with van der Waals surface area (Å²) in [6.45, 7) is 4.53. The number of carbonyl (C=O) groups is 1. The van der Waals surface area contributed by atoms with Crippen LogP contribution in [-0.2, 0) is 10.5 Å². The first kappa shape index (κ1) is 18.2. The average molecular weight is 391 g/mol. The lowest BCUT2D eigenvalue weighted by Crippen LogP contribution is -2.49. The van der Waals surface area contributed by atoms with E-state index in [-0.39, 0.29) is 12.3 Å². The van der Waals surface area contributed by atoms with Gasteiger partial charge in [0.15, 0.2) is 0 Å². The third-order valence-electron chi connectivity index (χ3n) is 5.62. The number of hydrogen-bond donors (Lipinski definition) is 0. The number of aryl methyl sites for hydroxylation is 1. The molecule has 2 aromatic rings. The fourth-order valence-corrected chi connectivity index (χ4v) is 4.04. The summed E-state index contributed by atoms with van der Waals surface area (Å²) in [6.07, 6.45) is 0.172. The molecule has 0 spiro atoms. The molecule has 142 valence electrons. The maximum absolute atomic E-state index is 15.1. The van der Waals surface area contributed by atoms with Crippen LogP contribution in [0.5, 0.6) is 0 Å². The minimum atomic E-state index is -1.66. The van der Waals surface area contributed by atoms with Crippen LogP contribution in [-0.4, -0.2) is 37.0 Å². The number of carbonyl (C=O) groups excluding carboxylic acids is 1. The Labute approximate surface area is 162 Å². The lowest BCUT2D eigenvalue weighted by Gasteiger charge is -2.37. The molecule has 1 saturated carbocycles. The van der Waals surface area contributed by atoms with Crippen LogP contribution in [0.15, 0.2) is 42.5 Å². The van der Waals surface area contributed by atoms with Crippen LogP contribution in [0.4, 0.5) is 14.5 Å². The summed E-state index contributed by atoms with van der Waals surface area (Å²) < 4.78 is 28.1. The van der Waals surface area contributed by atoms with Gasteiger partial charge in [0.25, 0.3) is 0 Å². The van der Waals surface area contributed by atoms with Gasteiger partial charge in [0, 0.05) is 43.3 Å². The second-order valence-electron chi connectivity index (χ2n) is 7.37. The first-order chi connectivity index (χ1) is 12.9. The van der Waals surface area contributed by atoms with Crippen molar-refractivity contribution in [2.75, 3.05) is 31.1 Å². The van der Waals surface area contributed by atoms with Crippen LogP contribution in [0, 0.1) is 18.7 Å². The highest BCUT2D eigenvalue weighted by Crippen LogP contribution is 2.56. The Morgan fingerprint density at radius 1 is 1.11 bits per heavy atom. The number of piperazine rings is 1. The minimum absolute atomic E-state index is 0.149. The summed E-state index contributed by atoms with van der Waals surface area (Å²) in [4.78, 5) is 16.7. The maximum atomic E-state index is 15.1. The predicted molar refractivity (Wildman–Crippen MR) is 102 cm³/mol. The predicted octanol–water partition coefficient (Wildman–Crippen LogP) is 4.32. The Morgan fingerprint density at radius 2 is 1.78 bits per heavy atom. The lowest BCUT2D eigenvalue weighted by molar-refractivity contribution is -0.134. The van der Waals surface area contributed by atoms with Crippen molar-refractivity contribution < 1.29 is 13.6 Å². The second-order valence-corrected chi connectivity index (χ2v) is 7.81. The Balaban J connectivity index is 1.39. The summed E-state index contributed by atoms with van der Waals surface area (Å²) >= 11 is 6.11. The van der Waals surface area contributed by atoms with E-state index in [1.165, 1.54) is 24.3 Å². The van der Waals surface area contributed by atoms with Crippen LogP contribution < -0.4 is 4.90 Å². The van der Waals surface area contributed by atoms with Crippen molar-refractivity contribution in [3.63, 3.8) is 0 Å². The Hall–Kier alpha value is -2.14. The normalized spacial score (nSPS) is 24.8. The van der Waals surface area contributed by atoms with E-state index < -0.39 is 17.4 Å². The third-order valence-corrected chi connectivity index (χ3v) is 5.85. The molecule has 2 aromatic carbocycles. The molecule has 27 heavy (non-hydrogen) atoms. The molecular weight excluding hydrogens is 370 g/mol. The molecule has 1 amide bonds. The van der Waals surface area contributed by atoms with E-state index in [1.807, 2.05) is 25.1 Å². The molecule has 2 aliphatic rings. The number of anilines is 1. The van der Waals surface area contributed by atoms with Crippen LogP contribution in [0.25, 0.3) is 0 Å². The summed E-state index contributed by atoms with van der Waals surface area (Å²) in [5.74, 6) is -1.22. The van der Waals surface area contributed by atoms with Crippen molar-refractivity contribution in [3.05, 3.63) is 64.4 Å². The zero-order valence-corrected chi connectivity index (χ0v) is 15.8. The van der Waals surface area contributed by atoms with Crippen molar-refractivity contribution in [3.8, 4) is 0 Å². The fraction of sp³-hybridized carbons (Fsp3) is 0.381. The molecule has 0 unspecified atom stereocenters. The molecular formula is C21H21ClF2N2O. The molecule has 2 fully saturated rings. The van der Waals surface area contributed by atoms with Gasteiger partial charge in [0.05, 0.1) is 5.92 Å². The van der Waals surface area contributed by atoms with Gasteiger partial charge in [-0.1, -0.05) is 29.8 Å². The van der Waals surface area contributed by atoms with Gasteiger partial charge in [-0.25, -0.2) is 8.78 Å². The van der Waals surface area contributed by atoms with E-state index in [0.717, 1.165) is 11.3 Å². The highest BCUT2D eigenvalue weighted by Gasteiger charge is 2.61. The minimum Gasteiger partial charge on any atom is -0.368 e. The lowest BCUT2D eigenvalue weighted by atomic mass is 10.1. The quantitative estimate of drug-likeness (QED) is 0.779. The monoisotopic (exact) mass is 390 g/mol. The van der Waals surface area contributed by atoms with Gasteiger partial charge in [-0.2, -0.15) is 0 Å². The second kappa shape index (κ2) is 6.79. The number of amides is 1. The van der Waals surface area contributed by atoms with Gasteiger partial charge in [-0.05, 0) is 42.3 Å². The van der Waals surface area contributed by atoms with E-state index in [0.29, 0.717) is 36.8 Å².